The molecular formula is C13H16N2O4S. The van der Waals surface area contributed by atoms with Crippen molar-refractivity contribution in [3.8, 4) is 12.3 Å². The Morgan fingerprint density at radius 1 is 1.50 bits per heavy atom. The van der Waals surface area contributed by atoms with Crippen molar-refractivity contribution in [1.82, 2.24) is 10.6 Å². The van der Waals surface area contributed by atoms with Crippen LogP contribution in [0.15, 0.2) is 10.5 Å². The Labute approximate surface area is 121 Å². The minimum Gasteiger partial charge on any atom is -0.478 e. The number of aromatic carboxylic acids is 1. The molecule has 0 saturated heterocycles. The predicted octanol–water partition coefficient (Wildman–Crippen LogP) is 1.45. The molecule has 0 radical (unpaired) electrons. The molecule has 0 bridgehead atoms. The van der Waals surface area contributed by atoms with Gasteiger partial charge in [0.1, 0.15) is 17.1 Å². The van der Waals surface area contributed by atoms with E-state index >= 15 is 0 Å². The van der Waals surface area contributed by atoms with Crippen molar-refractivity contribution >= 4 is 23.8 Å². The van der Waals surface area contributed by atoms with Gasteiger partial charge >= 0.3 is 12.0 Å². The SMILES string of the molecule is C#CCSCCNC(=O)NCc1cc(C(=O)O)c(C)o1. The average molecular weight is 296 g/mol. The van der Waals surface area contributed by atoms with Crippen molar-refractivity contribution in [1.29, 1.82) is 0 Å². The number of carboxylic acids is 1. The van der Waals surface area contributed by atoms with E-state index < -0.39 is 5.97 Å². The summed E-state index contributed by atoms with van der Waals surface area (Å²) in [6.07, 6.45) is 5.10. The molecule has 20 heavy (non-hydrogen) atoms. The van der Waals surface area contributed by atoms with Gasteiger partial charge in [-0.25, -0.2) is 9.59 Å². The van der Waals surface area contributed by atoms with Crippen LogP contribution in [0.25, 0.3) is 0 Å². The first kappa shape index (κ1) is 16.0. The molecule has 0 aliphatic rings. The van der Waals surface area contributed by atoms with Crippen LogP contribution in [0.3, 0.4) is 0 Å². The fourth-order valence-corrected chi connectivity index (χ4v) is 1.95. The summed E-state index contributed by atoms with van der Waals surface area (Å²) in [5.74, 6) is 3.52. The maximum absolute atomic E-state index is 11.4. The Morgan fingerprint density at radius 2 is 2.25 bits per heavy atom. The van der Waals surface area contributed by atoms with E-state index in [1.54, 1.807) is 18.7 Å². The average Bonchev–Trinajstić information content (AvgIpc) is 2.77. The van der Waals surface area contributed by atoms with Gasteiger partial charge in [0.2, 0.25) is 0 Å². The second-order valence-electron chi connectivity index (χ2n) is 3.85. The van der Waals surface area contributed by atoms with Gasteiger partial charge in [0.25, 0.3) is 0 Å². The number of carbonyl (C=O) groups is 2. The third-order valence-corrected chi connectivity index (χ3v) is 3.20. The first-order valence-electron chi connectivity index (χ1n) is 5.90. The number of furan rings is 1. The molecule has 1 aromatic heterocycles. The lowest BCUT2D eigenvalue weighted by molar-refractivity contribution is 0.0695. The number of urea groups is 1. The van der Waals surface area contributed by atoms with Gasteiger partial charge in [-0.05, 0) is 13.0 Å². The van der Waals surface area contributed by atoms with Crippen molar-refractivity contribution in [2.24, 2.45) is 0 Å². The molecule has 0 unspecified atom stereocenters. The van der Waals surface area contributed by atoms with E-state index in [0.717, 1.165) is 5.75 Å². The zero-order valence-corrected chi connectivity index (χ0v) is 11.9. The summed E-state index contributed by atoms with van der Waals surface area (Å²) in [7, 11) is 0. The summed E-state index contributed by atoms with van der Waals surface area (Å²) in [4.78, 5) is 22.3. The first-order valence-corrected chi connectivity index (χ1v) is 7.05. The zero-order valence-electron chi connectivity index (χ0n) is 11.1. The van der Waals surface area contributed by atoms with Crippen LogP contribution in [0.1, 0.15) is 21.9 Å². The minimum absolute atomic E-state index is 0.105. The molecule has 3 N–H and O–H groups in total. The lowest BCUT2D eigenvalue weighted by Gasteiger charge is -2.05. The molecule has 7 heteroatoms. The highest BCUT2D eigenvalue weighted by Crippen LogP contribution is 2.14. The maximum atomic E-state index is 11.4. The highest BCUT2D eigenvalue weighted by molar-refractivity contribution is 7.99. The van der Waals surface area contributed by atoms with E-state index in [1.165, 1.54) is 6.07 Å². The van der Waals surface area contributed by atoms with Crippen molar-refractivity contribution in [3.05, 3.63) is 23.2 Å². The molecule has 0 aliphatic carbocycles. The Kier molecular flexibility index (Phi) is 6.53. The summed E-state index contributed by atoms with van der Waals surface area (Å²) < 4.78 is 5.23. The quantitative estimate of drug-likeness (QED) is 0.523. The number of amides is 2. The van der Waals surface area contributed by atoms with E-state index in [4.69, 9.17) is 15.9 Å². The van der Waals surface area contributed by atoms with E-state index in [2.05, 4.69) is 16.6 Å². The van der Waals surface area contributed by atoms with Crippen LogP contribution in [-0.4, -0.2) is 35.2 Å². The van der Waals surface area contributed by atoms with Crippen LogP contribution in [-0.2, 0) is 6.54 Å². The second-order valence-corrected chi connectivity index (χ2v) is 4.96. The smallest absolute Gasteiger partial charge is 0.339 e. The second kappa shape index (κ2) is 8.17. The summed E-state index contributed by atoms with van der Waals surface area (Å²) in [6, 6.07) is 1.07. The lowest BCUT2D eigenvalue weighted by Crippen LogP contribution is -2.36. The molecule has 0 aromatic carbocycles. The Morgan fingerprint density at radius 3 is 2.85 bits per heavy atom. The number of hydrogen-bond donors (Lipinski definition) is 3. The fraction of sp³-hybridized carbons (Fsp3) is 0.385. The molecule has 6 nitrogen and oxygen atoms in total. The first-order chi connectivity index (χ1) is 9.54. The van der Waals surface area contributed by atoms with Gasteiger partial charge in [-0.2, -0.15) is 0 Å². The molecule has 2 amide bonds. The van der Waals surface area contributed by atoms with Gasteiger partial charge in [-0.1, -0.05) is 5.92 Å². The fourth-order valence-electron chi connectivity index (χ4n) is 1.44. The van der Waals surface area contributed by atoms with Gasteiger partial charge in [0.15, 0.2) is 0 Å². The molecule has 1 aromatic rings. The molecule has 0 aliphatic heterocycles. The molecule has 0 atom stereocenters. The monoisotopic (exact) mass is 296 g/mol. The number of carboxylic acid groups (broad SMARTS) is 1. The molecule has 0 saturated carbocycles. The van der Waals surface area contributed by atoms with Crippen LogP contribution >= 0.6 is 11.8 Å². The number of terminal acetylenes is 1. The number of hydrogen-bond acceptors (Lipinski definition) is 4. The van der Waals surface area contributed by atoms with Crippen molar-refractivity contribution < 1.29 is 19.1 Å². The standard InChI is InChI=1S/C13H16N2O4S/c1-3-5-20-6-4-14-13(18)15-8-10-7-11(12(16)17)9(2)19-10/h1,7H,4-6,8H2,2H3,(H,16,17)(H2,14,15,18). The van der Waals surface area contributed by atoms with Gasteiger partial charge in [0, 0.05) is 12.3 Å². The molecule has 1 rings (SSSR count). The summed E-state index contributed by atoms with van der Waals surface area (Å²) in [5, 5.41) is 14.1. The Bertz CT molecular complexity index is 519. The van der Waals surface area contributed by atoms with Crippen LogP contribution in [0.5, 0.6) is 0 Å². The Hall–Kier alpha value is -2.07. The molecule has 108 valence electrons. The molecule has 0 spiro atoms. The summed E-state index contributed by atoms with van der Waals surface area (Å²) >= 11 is 1.56. The van der Waals surface area contributed by atoms with Crippen LogP contribution in [0, 0.1) is 19.3 Å². The zero-order chi connectivity index (χ0) is 15.0. The minimum atomic E-state index is -1.05. The number of thioether (sulfide) groups is 1. The van der Waals surface area contributed by atoms with Crippen LogP contribution in [0.4, 0.5) is 4.79 Å². The lowest BCUT2D eigenvalue weighted by atomic mass is 10.2. The molecule has 1 heterocycles. The number of carbonyl (C=O) groups excluding carboxylic acids is 1. The number of nitrogens with one attached hydrogen (secondary N) is 2. The summed E-state index contributed by atoms with van der Waals surface area (Å²) in [6.45, 7) is 2.21. The van der Waals surface area contributed by atoms with E-state index in [0.29, 0.717) is 23.8 Å². The molecular weight excluding hydrogens is 280 g/mol. The third-order valence-electron chi connectivity index (χ3n) is 2.34. The van der Waals surface area contributed by atoms with Crippen LogP contribution in [0.2, 0.25) is 0 Å². The van der Waals surface area contributed by atoms with Crippen molar-refractivity contribution in [2.45, 2.75) is 13.5 Å². The van der Waals surface area contributed by atoms with Gasteiger partial charge < -0.3 is 20.2 Å². The van der Waals surface area contributed by atoms with E-state index in [-0.39, 0.29) is 18.1 Å². The van der Waals surface area contributed by atoms with Crippen molar-refractivity contribution in [2.75, 3.05) is 18.1 Å². The normalized spacial score (nSPS) is 9.80. The van der Waals surface area contributed by atoms with E-state index in [1.807, 2.05) is 0 Å². The summed E-state index contributed by atoms with van der Waals surface area (Å²) in [5.41, 5.74) is 0.105. The van der Waals surface area contributed by atoms with Crippen LogP contribution < -0.4 is 10.6 Å². The largest absolute Gasteiger partial charge is 0.478 e. The highest BCUT2D eigenvalue weighted by atomic mass is 32.2. The molecule has 0 fully saturated rings. The van der Waals surface area contributed by atoms with Gasteiger partial charge in [-0.3, -0.25) is 0 Å². The third kappa shape index (κ3) is 5.28. The Balaban J connectivity index is 2.29. The maximum Gasteiger partial charge on any atom is 0.339 e. The van der Waals surface area contributed by atoms with Gasteiger partial charge in [0.05, 0.1) is 12.3 Å². The van der Waals surface area contributed by atoms with Gasteiger partial charge in [-0.15, -0.1) is 18.2 Å². The predicted molar refractivity (Wildman–Crippen MR) is 76.8 cm³/mol. The topological polar surface area (TPSA) is 91.6 Å². The highest BCUT2D eigenvalue weighted by Gasteiger charge is 2.13. The van der Waals surface area contributed by atoms with Crippen molar-refractivity contribution in [3.63, 3.8) is 0 Å². The number of rotatable bonds is 7. The van der Waals surface area contributed by atoms with E-state index in [9.17, 15) is 9.59 Å². The number of aryl methyl sites for hydroxylation is 1.